The van der Waals surface area contributed by atoms with Gasteiger partial charge in [-0.05, 0) is 36.6 Å². The smallest absolute Gasteiger partial charge is 0.293 e. The summed E-state index contributed by atoms with van der Waals surface area (Å²) < 4.78 is 0. The Kier molecular flexibility index (Phi) is 4.70. The van der Waals surface area contributed by atoms with Gasteiger partial charge < -0.3 is 5.32 Å². The van der Waals surface area contributed by atoms with Gasteiger partial charge in [-0.1, -0.05) is 42.5 Å². The number of hydrogen-bond donors (Lipinski definition) is 1. The van der Waals surface area contributed by atoms with E-state index >= 15 is 0 Å². The van der Waals surface area contributed by atoms with E-state index in [4.69, 9.17) is 0 Å². The lowest BCUT2D eigenvalue weighted by Crippen LogP contribution is -2.28. The van der Waals surface area contributed by atoms with Crippen LogP contribution in [0.2, 0.25) is 0 Å². The van der Waals surface area contributed by atoms with Gasteiger partial charge in [-0.15, -0.1) is 0 Å². The number of rotatable bonds is 4. The van der Waals surface area contributed by atoms with Crippen LogP contribution in [0.1, 0.15) is 22.6 Å². The van der Waals surface area contributed by atoms with Gasteiger partial charge in [-0.3, -0.25) is 9.59 Å². The highest BCUT2D eigenvalue weighted by atomic mass is 16.2. The van der Waals surface area contributed by atoms with Crippen molar-refractivity contribution in [3.8, 4) is 6.07 Å². The summed E-state index contributed by atoms with van der Waals surface area (Å²) in [6.07, 6.45) is 0. The van der Waals surface area contributed by atoms with Crippen LogP contribution in [0.3, 0.4) is 0 Å². The zero-order valence-electron chi connectivity index (χ0n) is 12.5. The van der Waals surface area contributed by atoms with Crippen molar-refractivity contribution in [2.24, 2.45) is 0 Å². The summed E-state index contributed by atoms with van der Waals surface area (Å²) in [6.45, 7) is 3.65. The Bertz CT molecular complexity index is 760. The van der Waals surface area contributed by atoms with Crippen molar-refractivity contribution in [1.29, 1.82) is 5.26 Å². The maximum atomic E-state index is 12.3. The molecule has 0 fully saturated rings. The van der Waals surface area contributed by atoms with E-state index in [1.165, 1.54) is 0 Å². The summed E-state index contributed by atoms with van der Waals surface area (Å²) in [5.41, 5.74) is 2.80. The number of carbonyl (C=O) groups is 2. The van der Waals surface area contributed by atoms with E-state index in [2.05, 4.69) is 5.32 Å². The molecule has 22 heavy (non-hydrogen) atoms. The standard InChI is InChI=1S/C18H16N2O2/c1-12-7-3-5-9-14(12)15(11-19)17(21)18(22)20-16-10-6-4-8-13(16)2/h3-10,15H,1-2H3,(H,20,22). The number of carbonyl (C=O) groups excluding carboxylic acids is 2. The van der Waals surface area contributed by atoms with Crippen LogP contribution in [-0.4, -0.2) is 11.7 Å². The second-order valence-corrected chi connectivity index (χ2v) is 5.05. The molecule has 1 amide bonds. The Balaban J connectivity index is 2.23. The first-order chi connectivity index (χ1) is 10.5. The molecule has 2 aromatic rings. The van der Waals surface area contributed by atoms with Gasteiger partial charge >= 0.3 is 0 Å². The number of anilines is 1. The summed E-state index contributed by atoms with van der Waals surface area (Å²) in [5, 5.41) is 11.9. The molecule has 4 nitrogen and oxygen atoms in total. The molecule has 0 bridgehead atoms. The summed E-state index contributed by atoms with van der Waals surface area (Å²) in [5.74, 6) is -2.62. The van der Waals surface area contributed by atoms with Crippen molar-refractivity contribution in [3.63, 3.8) is 0 Å². The zero-order valence-corrected chi connectivity index (χ0v) is 12.5. The Morgan fingerprint density at radius 2 is 1.59 bits per heavy atom. The third-order valence-corrected chi connectivity index (χ3v) is 3.51. The lowest BCUT2D eigenvalue weighted by molar-refractivity contribution is -0.135. The van der Waals surface area contributed by atoms with Crippen molar-refractivity contribution >= 4 is 17.4 Å². The molecule has 0 saturated carbocycles. The van der Waals surface area contributed by atoms with E-state index in [1.807, 2.05) is 44.2 Å². The largest absolute Gasteiger partial charge is 0.319 e. The van der Waals surface area contributed by atoms with Gasteiger partial charge in [0.1, 0.15) is 5.92 Å². The number of ketones is 1. The first kappa shape index (κ1) is 15.5. The molecule has 1 unspecified atom stereocenters. The maximum absolute atomic E-state index is 12.3. The first-order valence-corrected chi connectivity index (χ1v) is 6.90. The van der Waals surface area contributed by atoms with E-state index in [9.17, 15) is 14.9 Å². The third-order valence-electron chi connectivity index (χ3n) is 3.51. The van der Waals surface area contributed by atoms with Crippen LogP contribution in [0.5, 0.6) is 0 Å². The van der Waals surface area contributed by atoms with Gasteiger partial charge in [0.2, 0.25) is 5.78 Å². The predicted molar refractivity (Wildman–Crippen MR) is 84.3 cm³/mol. The fourth-order valence-corrected chi connectivity index (χ4v) is 2.21. The Hall–Kier alpha value is -2.93. The van der Waals surface area contributed by atoms with E-state index in [0.717, 1.165) is 11.1 Å². The van der Waals surface area contributed by atoms with E-state index < -0.39 is 17.6 Å². The number of aryl methyl sites for hydroxylation is 2. The summed E-state index contributed by atoms with van der Waals surface area (Å²) in [4.78, 5) is 24.4. The van der Waals surface area contributed by atoms with Crippen LogP contribution < -0.4 is 5.32 Å². The monoisotopic (exact) mass is 292 g/mol. The van der Waals surface area contributed by atoms with Gasteiger partial charge in [-0.2, -0.15) is 5.26 Å². The third kappa shape index (κ3) is 3.21. The molecule has 0 aliphatic carbocycles. The van der Waals surface area contributed by atoms with Crippen LogP contribution >= 0.6 is 0 Å². The first-order valence-electron chi connectivity index (χ1n) is 6.90. The number of Topliss-reactive ketones (excluding diaryl/α,β-unsaturated/α-hetero) is 1. The minimum absolute atomic E-state index is 0.565. The number of nitriles is 1. The highest BCUT2D eigenvalue weighted by Crippen LogP contribution is 2.21. The molecule has 1 atom stereocenters. The van der Waals surface area contributed by atoms with Crippen molar-refractivity contribution < 1.29 is 9.59 Å². The number of para-hydroxylation sites is 1. The average molecular weight is 292 g/mol. The number of nitrogens with one attached hydrogen (secondary N) is 1. The van der Waals surface area contributed by atoms with Crippen LogP contribution in [0, 0.1) is 25.2 Å². The Labute approximate surface area is 129 Å². The minimum Gasteiger partial charge on any atom is -0.319 e. The van der Waals surface area contributed by atoms with Crippen molar-refractivity contribution in [1.82, 2.24) is 0 Å². The van der Waals surface area contributed by atoms with Crippen LogP contribution in [0.15, 0.2) is 48.5 Å². The molecule has 0 aliphatic heterocycles. The number of amides is 1. The molecule has 0 heterocycles. The molecule has 2 rings (SSSR count). The van der Waals surface area contributed by atoms with Crippen LogP contribution in [0.25, 0.3) is 0 Å². The second kappa shape index (κ2) is 6.68. The summed E-state index contributed by atoms with van der Waals surface area (Å²) in [7, 11) is 0. The molecule has 1 N–H and O–H groups in total. The van der Waals surface area contributed by atoms with Gasteiger partial charge in [0, 0.05) is 5.69 Å². The second-order valence-electron chi connectivity index (χ2n) is 5.05. The zero-order chi connectivity index (χ0) is 16.1. The van der Waals surface area contributed by atoms with Gasteiger partial charge in [-0.25, -0.2) is 0 Å². The van der Waals surface area contributed by atoms with E-state index in [1.54, 1.807) is 24.3 Å². The molecule has 0 saturated heterocycles. The average Bonchev–Trinajstić information content (AvgIpc) is 2.52. The molecule has 2 aromatic carbocycles. The quantitative estimate of drug-likeness (QED) is 0.880. The Morgan fingerprint density at radius 1 is 1.00 bits per heavy atom. The number of benzene rings is 2. The fourth-order valence-electron chi connectivity index (χ4n) is 2.21. The van der Waals surface area contributed by atoms with E-state index in [-0.39, 0.29) is 0 Å². The highest BCUT2D eigenvalue weighted by Gasteiger charge is 2.28. The SMILES string of the molecule is Cc1ccccc1NC(=O)C(=O)C(C#N)c1ccccc1C. The van der Waals surface area contributed by atoms with Gasteiger partial charge in [0.05, 0.1) is 6.07 Å². The molecule has 110 valence electrons. The lowest BCUT2D eigenvalue weighted by atomic mass is 9.92. The topological polar surface area (TPSA) is 70.0 Å². The maximum Gasteiger partial charge on any atom is 0.293 e. The predicted octanol–water partition coefficient (Wildman–Crippen LogP) is 3.12. The van der Waals surface area contributed by atoms with Gasteiger partial charge in [0.25, 0.3) is 5.91 Å². The van der Waals surface area contributed by atoms with Gasteiger partial charge in [0.15, 0.2) is 0 Å². The molecular weight excluding hydrogens is 276 g/mol. The highest BCUT2D eigenvalue weighted by molar-refractivity contribution is 6.43. The molecule has 0 spiro atoms. The fraction of sp³-hybridized carbons (Fsp3) is 0.167. The molecular formula is C18H16N2O2. The minimum atomic E-state index is -1.09. The molecule has 0 aliphatic rings. The number of nitrogens with zero attached hydrogens (tertiary/aromatic N) is 1. The molecule has 0 aromatic heterocycles. The molecule has 0 radical (unpaired) electrons. The normalized spacial score (nSPS) is 11.3. The van der Waals surface area contributed by atoms with Crippen molar-refractivity contribution in [2.45, 2.75) is 19.8 Å². The lowest BCUT2D eigenvalue weighted by Gasteiger charge is -2.12. The van der Waals surface area contributed by atoms with E-state index in [0.29, 0.717) is 11.3 Å². The van der Waals surface area contributed by atoms with Crippen molar-refractivity contribution in [2.75, 3.05) is 5.32 Å². The number of hydrogen-bond acceptors (Lipinski definition) is 3. The Morgan fingerprint density at radius 3 is 2.18 bits per heavy atom. The van der Waals surface area contributed by atoms with Crippen molar-refractivity contribution in [3.05, 3.63) is 65.2 Å². The van der Waals surface area contributed by atoms with Crippen LogP contribution in [-0.2, 0) is 9.59 Å². The molecule has 4 heteroatoms. The van der Waals surface area contributed by atoms with Crippen LogP contribution in [0.4, 0.5) is 5.69 Å². The summed E-state index contributed by atoms with van der Waals surface area (Å²) >= 11 is 0. The summed E-state index contributed by atoms with van der Waals surface area (Å²) in [6, 6.07) is 16.2.